The van der Waals surface area contributed by atoms with E-state index in [9.17, 15) is 14.4 Å². The molecule has 1 atom stereocenters. The van der Waals surface area contributed by atoms with Crippen molar-refractivity contribution in [2.24, 2.45) is 0 Å². The molecule has 0 aliphatic heterocycles. The summed E-state index contributed by atoms with van der Waals surface area (Å²) in [4.78, 5) is 34.8. The van der Waals surface area contributed by atoms with E-state index in [1.54, 1.807) is 7.11 Å². The average Bonchev–Trinajstić information content (AvgIpc) is 2.96. The Bertz CT molecular complexity index is 655. The Balaban J connectivity index is 3.50. The highest BCUT2D eigenvalue weighted by Crippen LogP contribution is 1.99. The predicted molar refractivity (Wildman–Crippen MR) is 146 cm³/mol. The Hall–Kier alpha value is -2.37. The van der Waals surface area contributed by atoms with Crippen LogP contribution >= 0.6 is 0 Å². The number of hydrogen-bond donors (Lipinski definition) is 3. The third-order valence-electron chi connectivity index (χ3n) is 4.80. The first kappa shape index (κ1) is 38.6. The summed E-state index contributed by atoms with van der Waals surface area (Å²) >= 11 is 0. The van der Waals surface area contributed by atoms with Crippen LogP contribution in [-0.2, 0) is 52.2 Å². The van der Waals surface area contributed by atoms with E-state index in [1.165, 1.54) is 6.08 Å². The van der Waals surface area contributed by atoms with Crippen molar-refractivity contribution in [3.63, 3.8) is 0 Å². The van der Waals surface area contributed by atoms with Gasteiger partial charge in [-0.2, -0.15) is 0 Å². The van der Waals surface area contributed by atoms with Crippen molar-refractivity contribution in [1.82, 2.24) is 10.6 Å². The van der Waals surface area contributed by atoms with Gasteiger partial charge in [0.25, 0.3) is 0 Å². The molecule has 0 aromatic rings. The minimum absolute atomic E-state index is 0.0308. The molecule has 2 amide bonds. The topological polar surface area (TPSA) is 179 Å². The lowest BCUT2D eigenvalue weighted by Gasteiger charge is -2.17. The zero-order valence-electron chi connectivity index (χ0n) is 24.1. The first-order valence-electron chi connectivity index (χ1n) is 13.6. The minimum Gasteiger partial charge on any atom is -0.481 e. The van der Waals surface area contributed by atoms with Gasteiger partial charge in [-0.3, -0.25) is 9.59 Å². The van der Waals surface area contributed by atoms with Crippen molar-refractivity contribution < 1.29 is 62.1 Å². The maximum Gasteiger partial charge on any atom is 0.408 e. The van der Waals surface area contributed by atoms with Gasteiger partial charge in [-0.05, 0) is 6.42 Å². The van der Waals surface area contributed by atoms with Crippen molar-refractivity contribution in [3.8, 4) is 0 Å². The highest BCUT2D eigenvalue weighted by Gasteiger charge is 2.22. The largest absolute Gasteiger partial charge is 0.481 e. The van der Waals surface area contributed by atoms with Crippen molar-refractivity contribution in [3.05, 3.63) is 12.7 Å². The summed E-state index contributed by atoms with van der Waals surface area (Å²) in [6.07, 6.45) is 0.174. The number of ether oxygens (including phenoxy) is 9. The molecule has 3 N–H and O–H groups in total. The smallest absolute Gasteiger partial charge is 0.408 e. The van der Waals surface area contributed by atoms with Crippen LogP contribution in [0.15, 0.2) is 12.7 Å². The molecule has 15 heteroatoms. The number of carbonyl (C=O) groups excluding carboxylic acids is 2. The molecule has 0 rings (SSSR count). The van der Waals surface area contributed by atoms with Crippen molar-refractivity contribution >= 4 is 18.0 Å². The lowest BCUT2D eigenvalue weighted by atomic mass is 10.1. The van der Waals surface area contributed by atoms with Crippen molar-refractivity contribution in [1.29, 1.82) is 0 Å². The molecular weight excluding hydrogens is 548 g/mol. The van der Waals surface area contributed by atoms with Crippen LogP contribution in [0.5, 0.6) is 0 Å². The number of amides is 2. The summed E-state index contributed by atoms with van der Waals surface area (Å²) in [6.45, 7) is 10.3. The fourth-order valence-corrected chi connectivity index (χ4v) is 2.79. The van der Waals surface area contributed by atoms with Crippen LogP contribution < -0.4 is 10.6 Å². The molecule has 240 valence electrons. The van der Waals surface area contributed by atoms with Crippen LogP contribution in [0.3, 0.4) is 0 Å². The van der Waals surface area contributed by atoms with Gasteiger partial charge in [-0.1, -0.05) is 12.7 Å². The molecule has 0 radical (unpaired) electrons. The molecule has 0 aliphatic rings. The van der Waals surface area contributed by atoms with Crippen LogP contribution in [0.2, 0.25) is 0 Å². The maximum atomic E-state index is 12.3. The molecule has 0 saturated carbocycles. The predicted octanol–water partition coefficient (Wildman–Crippen LogP) is 0.0108. The molecule has 15 nitrogen and oxygen atoms in total. The van der Waals surface area contributed by atoms with Gasteiger partial charge < -0.3 is 58.4 Å². The molecule has 0 unspecified atom stereocenters. The van der Waals surface area contributed by atoms with E-state index in [4.69, 9.17) is 47.7 Å². The Morgan fingerprint density at radius 1 is 0.707 bits per heavy atom. The molecule has 0 spiro atoms. The number of alkyl carbamates (subject to hydrolysis) is 1. The standard InChI is InChI=1S/C26H48N2O13/c1-3-7-41-26(32)28-23(4-5-24(29)30)25(31)27-6-8-34-11-12-36-15-16-38-19-20-40-22-21-39-18-17-37-14-13-35-10-9-33-2/h3,23H,1,4-22H2,2H3,(H,27,31)(H,28,32)(H,29,30)/t23-/m0/s1. The fraction of sp³-hybridized carbons (Fsp3) is 0.808. The molecule has 0 saturated heterocycles. The number of carboxylic acids is 1. The van der Waals surface area contributed by atoms with Crippen molar-refractivity contribution in [2.45, 2.75) is 18.9 Å². The monoisotopic (exact) mass is 596 g/mol. The van der Waals surface area contributed by atoms with E-state index < -0.39 is 24.0 Å². The zero-order chi connectivity index (χ0) is 30.2. The fourth-order valence-electron chi connectivity index (χ4n) is 2.79. The molecule has 0 heterocycles. The highest BCUT2D eigenvalue weighted by molar-refractivity contribution is 5.86. The van der Waals surface area contributed by atoms with E-state index >= 15 is 0 Å². The SMILES string of the molecule is C=CCOC(=O)N[C@@H](CCC(=O)O)C(=O)NCCOCCOCCOCCOCCOCCOCCOCCOC. The third kappa shape index (κ3) is 28.9. The van der Waals surface area contributed by atoms with E-state index in [1.807, 2.05) is 0 Å². The number of aliphatic carboxylic acids is 1. The zero-order valence-corrected chi connectivity index (χ0v) is 24.1. The van der Waals surface area contributed by atoms with Gasteiger partial charge in [0.1, 0.15) is 12.6 Å². The number of nitrogens with one attached hydrogen (secondary N) is 2. The molecule has 0 bridgehead atoms. The van der Waals surface area contributed by atoms with Gasteiger partial charge in [0, 0.05) is 20.1 Å². The summed E-state index contributed by atoms with van der Waals surface area (Å²) in [5, 5.41) is 13.8. The number of methoxy groups -OCH3 is 1. The summed E-state index contributed by atoms with van der Waals surface area (Å²) in [7, 11) is 1.63. The van der Waals surface area contributed by atoms with Crippen LogP contribution in [0.1, 0.15) is 12.8 Å². The molecule has 41 heavy (non-hydrogen) atoms. The van der Waals surface area contributed by atoms with E-state index in [0.717, 1.165) is 0 Å². The summed E-state index contributed by atoms with van der Waals surface area (Å²) in [6, 6.07) is -1.04. The van der Waals surface area contributed by atoms with Gasteiger partial charge >= 0.3 is 12.1 Å². The highest BCUT2D eigenvalue weighted by atomic mass is 16.6. The summed E-state index contributed by atoms with van der Waals surface area (Å²) in [5.74, 6) is -1.61. The van der Waals surface area contributed by atoms with E-state index in [-0.39, 0.29) is 32.6 Å². The number of hydrogen-bond acceptors (Lipinski definition) is 12. The average molecular weight is 597 g/mol. The van der Waals surface area contributed by atoms with Crippen LogP contribution in [0.25, 0.3) is 0 Å². The molecule has 0 aliphatic carbocycles. The van der Waals surface area contributed by atoms with E-state index in [0.29, 0.717) is 92.5 Å². The van der Waals surface area contributed by atoms with Gasteiger partial charge in [-0.15, -0.1) is 0 Å². The first-order chi connectivity index (χ1) is 20.0. The van der Waals surface area contributed by atoms with Crippen LogP contribution in [-0.4, -0.2) is 148 Å². The Morgan fingerprint density at radius 2 is 1.12 bits per heavy atom. The lowest BCUT2D eigenvalue weighted by Crippen LogP contribution is -2.47. The maximum absolute atomic E-state index is 12.3. The molecule has 0 fully saturated rings. The van der Waals surface area contributed by atoms with Gasteiger partial charge in [0.05, 0.1) is 99.1 Å². The Kier molecular flexibility index (Phi) is 28.8. The molecular formula is C26H48N2O13. The molecule has 0 aromatic heterocycles. The second-order valence-corrected chi connectivity index (χ2v) is 8.09. The molecule has 0 aromatic carbocycles. The normalized spacial score (nSPS) is 11.6. The van der Waals surface area contributed by atoms with Crippen molar-refractivity contribution in [2.75, 3.05) is 119 Å². The quantitative estimate of drug-likeness (QED) is 0.0721. The number of rotatable bonds is 31. The summed E-state index contributed by atoms with van der Waals surface area (Å²) in [5.41, 5.74) is 0. The lowest BCUT2D eigenvalue weighted by molar-refractivity contribution is -0.137. The van der Waals surface area contributed by atoms with Crippen LogP contribution in [0.4, 0.5) is 4.79 Å². The minimum atomic E-state index is -1.08. The second-order valence-electron chi connectivity index (χ2n) is 8.09. The number of carboxylic acid groups (broad SMARTS) is 1. The Labute approximate surface area is 242 Å². The number of carbonyl (C=O) groups is 3. The van der Waals surface area contributed by atoms with Crippen LogP contribution in [0, 0.1) is 0 Å². The van der Waals surface area contributed by atoms with E-state index in [2.05, 4.69) is 17.2 Å². The van der Waals surface area contributed by atoms with Gasteiger partial charge in [0.2, 0.25) is 5.91 Å². The first-order valence-corrected chi connectivity index (χ1v) is 13.6. The second kappa shape index (κ2) is 30.6. The third-order valence-corrected chi connectivity index (χ3v) is 4.80. The summed E-state index contributed by atoms with van der Waals surface area (Å²) < 4.78 is 47.3. The Morgan fingerprint density at radius 3 is 1.51 bits per heavy atom. The van der Waals surface area contributed by atoms with Gasteiger partial charge in [-0.25, -0.2) is 4.79 Å². The van der Waals surface area contributed by atoms with Gasteiger partial charge in [0.15, 0.2) is 0 Å².